The van der Waals surface area contributed by atoms with E-state index in [1.54, 1.807) is 12.1 Å². The Kier molecular flexibility index (Phi) is 4.19. The minimum absolute atomic E-state index is 0.176. The number of hydrogen-bond donors (Lipinski definition) is 1. The topological polar surface area (TPSA) is 63.2 Å². The van der Waals surface area contributed by atoms with Crippen LogP contribution >= 0.6 is 0 Å². The van der Waals surface area contributed by atoms with Crippen LogP contribution in [0.25, 0.3) is 0 Å². The van der Waals surface area contributed by atoms with Crippen molar-refractivity contribution in [3.05, 3.63) is 24.3 Å². The molecule has 6 heteroatoms. The Morgan fingerprint density at radius 2 is 1.72 bits per heavy atom. The van der Waals surface area contributed by atoms with Crippen molar-refractivity contribution < 1.29 is 12.6 Å². The zero-order valence-electron chi connectivity index (χ0n) is 10.3. The molecular weight excluding hydrogens is 270 g/mol. The van der Waals surface area contributed by atoms with Crippen LogP contribution in [-0.2, 0) is 20.6 Å². The molecule has 4 nitrogen and oxygen atoms in total. The minimum Gasteiger partial charge on any atom is -0.317 e. The molecule has 0 radical (unpaired) electrons. The number of rotatable bonds is 3. The molecule has 0 spiro atoms. The standard InChI is InChI=1S/C12H17NO3S2/c1-18(15,16)12-4-2-10(3-5-12)17(14)11-6-8-13-9-7-11/h2-5,11,13H,6-9H2,1H3. The molecular formula is C12H17NO3S2. The van der Waals surface area contributed by atoms with Crippen LogP contribution in [0.4, 0.5) is 0 Å². The van der Waals surface area contributed by atoms with Crippen molar-refractivity contribution in [2.45, 2.75) is 27.9 Å². The smallest absolute Gasteiger partial charge is 0.175 e. The van der Waals surface area contributed by atoms with Crippen molar-refractivity contribution in [2.75, 3.05) is 19.3 Å². The molecule has 1 heterocycles. The monoisotopic (exact) mass is 287 g/mol. The molecule has 0 amide bonds. The van der Waals surface area contributed by atoms with E-state index in [0.29, 0.717) is 4.90 Å². The molecule has 1 N–H and O–H groups in total. The maximum absolute atomic E-state index is 12.3. The Bertz CT molecular complexity index is 531. The van der Waals surface area contributed by atoms with E-state index in [4.69, 9.17) is 0 Å². The van der Waals surface area contributed by atoms with Crippen LogP contribution < -0.4 is 5.32 Å². The van der Waals surface area contributed by atoms with Crippen LogP contribution in [0, 0.1) is 0 Å². The SMILES string of the molecule is CS(=O)(=O)c1ccc(S(=O)C2CCNCC2)cc1. The van der Waals surface area contributed by atoms with Crippen LogP contribution in [0.2, 0.25) is 0 Å². The fourth-order valence-corrected chi connectivity index (χ4v) is 4.11. The summed E-state index contributed by atoms with van der Waals surface area (Å²) in [5, 5.41) is 3.41. The fraction of sp³-hybridized carbons (Fsp3) is 0.500. The average molecular weight is 287 g/mol. The molecule has 18 heavy (non-hydrogen) atoms. The third-order valence-electron chi connectivity index (χ3n) is 3.07. The predicted octanol–water partition coefficient (Wildman–Crippen LogP) is 0.950. The van der Waals surface area contributed by atoms with E-state index in [1.165, 1.54) is 18.4 Å². The summed E-state index contributed by atoms with van der Waals surface area (Å²) in [7, 11) is -4.22. The largest absolute Gasteiger partial charge is 0.317 e. The summed E-state index contributed by atoms with van der Waals surface area (Å²) < 4.78 is 35.0. The van der Waals surface area contributed by atoms with Crippen LogP contribution in [0.5, 0.6) is 0 Å². The molecule has 100 valence electrons. The molecule has 1 aromatic rings. The Morgan fingerprint density at radius 1 is 1.17 bits per heavy atom. The minimum atomic E-state index is -3.18. The number of sulfone groups is 1. The first-order valence-electron chi connectivity index (χ1n) is 5.90. The van der Waals surface area contributed by atoms with Gasteiger partial charge in [-0.05, 0) is 50.2 Å². The fourth-order valence-electron chi connectivity index (χ4n) is 2.02. The molecule has 0 bridgehead atoms. The predicted molar refractivity (Wildman–Crippen MR) is 71.9 cm³/mol. The lowest BCUT2D eigenvalue weighted by Crippen LogP contribution is -2.33. The van der Waals surface area contributed by atoms with Gasteiger partial charge in [-0.3, -0.25) is 4.21 Å². The highest BCUT2D eigenvalue weighted by Crippen LogP contribution is 2.20. The zero-order valence-corrected chi connectivity index (χ0v) is 11.9. The van der Waals surface area contributed by atoms with E-state index in [9.17, 15) is 12.6 Å². The Labute approximate surface area is 110 Å². The molecule has 1 fully saturated rings. The lowest BCUT2D eigenvalue weighted by Gasteiger charge is -2.21. The van der Waals surface area contributed by atoms with Crippen molar-refractivity contribution in [1.29, 1.82) is 0 Å². The van der Waals surface area contributed by atoms with Gasteiger partial charge in [-0.25, -0.2) is 8.42 Å². The summed E-state index contributed by atoms with van der Waals surface area (Å²) >= 11 is 0. The van der Waals surface area contributed by atoms with Crippen molar-refractivity contribution >= 4 is 20.6 Å². The number of piperidine rings is 1. The lowest BCUT2D eigenvalue weighted by molar-refractivity contribution is 0.519. The molecule has 0 saturated carbocycles. The molecule has 1 aromatic carbocycles. The van der Waals surface area contributed by atoms with E-state index < -0.39 is 20.6 Å². The van der Waals surface area contributed by atoms with Gasteiger partial charge < -0.3 is 5.32 Å². The molecule has 1 unspecified atom stereocenters. The third kappa shape index (κ3) is 3.18. The number of nitrogens with one attached hydrogen (secondary N) is 1. The Balaban J connectivity index is 2.16. The van der Waals surface area contributed by atoms with Crippen LogP contribution in [-0.4, -0.2) is 37.2 Å². The number of benzene rings is 1. The average Bonchev–Trinajstić information content (AvgIpc) is 2.38. The van der Waals surface area contributed by atoms with Gasteiger partial charge in [0, 0.05) is 16.4 Å². The van der Waals surface area contributed by atoms with Crippen LogP contribution in [0.15, 0.2) is 34.1 Å². The highest BCUT2D eigenvalue weighted by molar-refractivity contribution is 7.90. The van der Waals surface area contributed by atoms with Gasteiger partial charge >= 0.3 is 0 Å². The van der Waals surface area contributed by atoms with Gasteiger partial charge in [-0.1, -0.05) is 0 Å². The first-order valence-corrected chi connectivity index (χ1v) is 9.00. The zero-order chi connectivity index (χ0) is 13.2. The van der Waals surface area contributed by atoms with Gasteiger partial charge in [-0.15, -0.1) is 0 Å². The summed E-state index contributed by atoms with van der Waals surface area (Å²) in [5.74, 6) is 0. The second-order valence-electron chi connectivity index (χ2n) is 4.49. The first kappa shape index (κ1) is 13.7. The van der Waals surface area contributed by atoms with Gasteiger partial charge in [0.15, 0.2) is 9.84 Å². The molecule has 1 aliphatic heterocycles. The van der Waals surface area contributed by atoms with Crippen LogP contribution in [0.1, 0.15) is 12.8 Å². The molecule has 0 aliphatic carbocycles. The van der Waals surface area contributed by atoms with E-state index in [1.807, 2.05) is 0 Å². The van der Waals surface area contributed by atoms with Crippen molar-refractivity contribution in [1.82, 2.24) is 5.32 Å². The van der Waals surface area contributed by atoms with Gasteiger partial charge in [0.2, 0.25) is 0 Å². The first-order chi connectivity index (χ1) is 8.48. The maximum atomic E-state index is 12.3. The third-order valence-corrected chi connectivity index (χ3v) is 6.02. The van der Waals surface area contributed by atoms with Crippen molar-refractivity contribution in [2.24, 2.45) is 0 Å². The van der Waals surface area contributed by atoms with Crippen molar-refractivity contribution in [3.8, 4) is 0 Å². The van der Waals surface area contributed by atoms with E-state index in [2.05, 4.69) is 5.32 Å². The Morgan fingerprint density at radius 3 is 2.22 bits per heavy atom. The maximum Gasteiger partial charge on any atom is 0.175 e. The van der Waals surface area contributed by atoms with Crippen LogP contribution in [0.3, 0.4) is 0 Å². The van der Waals surface area contributed by atoms with Gasteiger partial charge in [-0.2, -0.15) is 0 Å². The number of hydrogen-bond acceptors (Lipinski definition) is 4. The highest BCUT2D eigenvalue weighted by Gasteiger charge is 2.21. The van der Waals surface area contributed by atoms with Crippen molar-refractivity contribution in [3.63, 3.8) is 0 Å². The second-order valence-corrected chi connectivity index (χ2v) is 8.24. The second kappa shape index (κ2) is 5.50. The molecule has 1 aliphatic rings. The highest BCUT2D eigenvalue weighted by atomic mass is 32.2. The van der Waals surface area contributed by atoms with E-state index in [0.717, 1.165) is 25.9 Å². The molecule has 1 saturated heterocycles. The molecule has 0 aromatic heterocycles. The molecule has 2 rings (SSSR count). The summed E-state index contributed by atoms with van der Waals surface area (Å²) in [4.78, 5) is 0.989. The summed E-state index contributed by atoms with van der Waals surface area (Å²) in [5.41, 5.74) is 0. The summed E-state index contributed by atoms with van der Waals surface area (Å²) in [6.07, 6.45) is 2.98. The summed E-state index contributed by atoms with van der Waals surface area (Å²) in [6.45, 7) is 1.80. The lowest BCUT2D eigenvalue weighted by atomic mass is 10.2. The quantitative estimate of drug-likeness (QED) is 0.899. The molecule has 1 atom stereocenters. The Hall–Kier alpha value is -0.720. The van der Waals surface area contributed by atoms with Gasteiger partial charge in [0.1, 0.15) is 0 Å². The summed E-state index contributed by atoms with van der Waals surface area (Å²) in [6, 6.07) is 6.39. The van der Waals surface area contributed by atoms with Gasteiger partial charge in [0.05, 0.1) is 15.7 Å². The van der Waals surface area contributed by atoms with E-state index in [-0.39, 0.29) is 10.1 Å². The normalized spacial score (nSPS) is 19.6. The van der Waals surface area contributed by atoms with Gasteiger partial charge in [0.25, 0.3) is 0 Å². The van der Waals surface area contributed by atoms with E-state index >= 15 is 0 Å².